The van der Waals surface area contributed by atoms with Crippen LogP contribution in [0.1, 0.15) is 12.8 Å². The average Bonchev–Trinajstić information content (AvgIpc) is 3.13. The Balaban J connectivity index is 1.69. The Hall–Kier alpha value is -1.09. The Morgan fingerprint density at radius 1 is 1.29 bits per heavy atom. The lowest BCUT2D eigenvalue weighted by molar-refractivity contribution is 0.339. The maximum absolute atomic E-state index is 12.9. The summed E-state index contributed by atoms with van der Waals surface area (Å²) >= 11 is 1.05. The number of piperidine rings is 1. The maximum atomic E-state index is 12.9. The Labute approximate surface area is 127 Å². The largest absolute Gasteiger partial charge is 0.312 e. The summed E-state index contributed by atoms with van der Waals surface area (Å²) in [4.78, 5) is 0.285. The predicted octanol–water partition coefficient (Wildman–Crippen LogP) is 1.79. The average molecular weight is 324 g/mol. The summed E-state index contributed by atoms with van der Waals surface area (Å²) < 4.78 is 35.7. The molecular weight excluding hydrogens is 308 g/mol. The molecule has 1 aromatic rings. The molecule has 3 heterocycles. The standard InChI is InChI=1S/C13H16N4O2S2/c18-21(19,12-5-1-4-10-13(12)16-20-15-10)17-7-9-3-2-6-14-11(9)8-17/h1,4-5,9,11,14H,2-3,6-8H2/t9-,11+/m0/s1. The fourth-order valence-corrected chi connectivity index (χ4v) is 5.61. The van der Waals surface area contributed by atoms with Gasteiger partial charge in [0, 0.05) is 19.1 Å². The lowest BCUT2D eigenvalue weighted by Crippen LogP contribution is -2.41. The molecule has 8 heteroatoms. The lowest BCUT2D eigenvalue weighted by atomic mass is 9.94. The van der Waals surface area contributed by atoms with Gasteiger partial charge >= 0.3 is 0 Å². The van der Waals surface area contributed by atoms with E-state index in [9.17, 15) is 8.42 Å². The van der Waals surface area contributed by atoms with Crippen LogP contribution in [0.4, 0.5) is 11.4 Å². The fourth-order valence-electron chi connectivity index (χ4n) is 3.33. The third kappa shape index (κ3) is 2.17. The van der Waals surface area contributed by atoms with Crippen molar-refractivity contribution in [2.45, 2.75) is 23.8 Å². The first-order valence-electron chi connectivity index (χ1n) is 7.11. The van der Waals surface area contributed by atoms with Gasteiger partial charge < -0.3 is 5.32 Å². The molecule has 0 aliphatic carbocycles. The zero-order valence-corrected chi connectivity index (χ0v) is 13.0. The fraction of sp³-hybridized carbons (Fsp3) is 0.538. The highest BCUT2D eigenvalue weighted by Gasteiger charge is 2.41. The highest BCUT2D eigenvalue weighted by atomic mass is 32.2. The van der Waals surface area contributed by atoms with E-state index in [4.69, 9.17) is 0 Å². The number of benzene rings is 1. The van der Waals surface area contributed by atoms with Crippen LogP contribution in [-0.2, 0) is 21.4 Å². The van der Waals surface area contributed by atoms with Gasteiger partial charge in [-0.3, -0.25) is 0 Å². The van der Waals surface area contributed by atoms with E-state index in [1.165, 1.54) is 0 Å². The van der Waals surface area contributed by atoms with Gasteiger partial charge in [0.05, 0.1) is 11.4 Å². The van der Waals surface area contributed by atoms with Gasteiger partial charge in [0.15, 0.2) is 0 Å². The number of nitrogens with one attached hydrogen (secondary N) is 1. The van der Waals surface area contributed by atoms with E-state index < -0.39 is 10.0 Å². The van der Waals surface area contributed by atoms with Gasteiger partial charge in [-0.25, -0.2) is 8.42 Å². The number of fused-ring (bicyclic) bond motifs is 2. The molecule has 2 saturated heterocycles. The second-order valence-corrected chi connectivity index (χ2v) is 8.11. The van der Waals surface area contributed by atoms with Gasteiger partial charge in [-0.1, -0.05) is 6.07 Å². The van der Waals surface area contributed by atoms with Crippen molar-refractivity contribution in [2.75, 3.05) is 19.6 Å². The first kappa shape index (κ1) is 13.6. The lowest BCUT2D eigenvalue weighted by Gasteiger charge is -2.24. The molecule has 0 spiro atoms. The third-order valence-electron chi connectivity index (χ3n) is 4.43. The predicted molar refractivity (Wildman–Crippen MR) is 81.3 cm³/mol. The molecule has 0 radical (unpaired) electrons. The molecule has 0 unspecified atom stereocenters. The van der Waals surface area contributed by atoms with Crippen LogP contribution in [0.15, 0.2) is 31.8 Å². The molecule has 3 aliphatic heterocycles. The van der Waals surface area contributed by atoms with Crippen molar-refractivity contribution in [2.24, 2.45) is 14.6 Å². The summed E-state index contributed by atoms with van der Waals surface area (Å²) in [5.74, 6) is 0.432. The van der Waals surface area contributed by atoms with E-state index in [-0.39, 0.29) is 4.90 Å². The molecule has 1 aromatic carbocycles. The maximum Gasteiger partial charge on any atom is 0.245 e. The van der Waals surface area contributed by atoms with E-state index in [0.717, 1.165) is 30.7 Å². The molecule has 112 valence electrons. The van der Waals surface area contributed by atoms with Crippen molar-refractivity contribution in [3.05, 3.63) is 18.2 Å². The molecule has 0 saturated carbocycles. The first-order chi connectivity index (χ1) is 10.2. The van der Waals surface area contributed by atoms with E-state index in [2.05, 4.69) is 14.0 Å². The van der Waals surface area contributed by atoms with Crippen LogP contribution >= 0.6 is 0 Å². The van der Waals surface area contributed by atoms with Crippen molar-refractivity contribution in [1.29, 1.82) is 0 Å². The smallest absolute Gasteiger partial charge is 0.245 e. The molecule has 2 atom stereocenters. The van der Waals surface area contributed by atoms with Crippen LogP contribution < -0.4 is 5.32 Å². The number of nitrogens with zero attached hydrogens (tertiary/aromatic N) is 3. The molecule has 21 heavy (non-hydrogen) atoms. The third-order valence-corrected chi connectivity index (χ3v) is 6.84. The van der Waals surface area contributed by atoms with Crippen LogP contribution in [0.5, 0.6) is 0 Å². The Bertz CT molecular complexity index is 741. The molecular formula is C13H16N4O2S2. The first-order valence-corrected chi connectivity index (χ1v) is 9.28. The minimum absolute atomic E-state index is 0.285. The molecule has 6 nitrogen and oxygen atoms in total. The summed E-state index contributed by atoms with van der Waals surface area (Å²) in [6, 6.07) is 5.46. The molecule has 0 amide bonds. The molecule has 2 fully saturated rings. The van der Waals surface area contributed by atoms with Crippen molar-refractivity contribution >= 4 is 32.8 Å². The Kier molecular flexibility index (Phi) is 3.21. The van der Waals surface area contributed by atoms with Gasteiger partial charge in [-0.05, 0) is 37.4 Å². The SMILES string of the molecule is O=S(=O)(c1cccc2c1N=S=N2)N1C[C@@H]2CCCN[C@@H]2C1. The van der Waals surface area contributed by atoms with Crippen LogP contribution in [-0.4, -0.2) is 38.4 Å². The topological polar surface area (TPSA) is 74.1 Å². The van der Waals surface area contributed by atoms with Gasteiger partial charge in [-0.2, -0.15) is 13.0 Å². The summed E-state index contributed by atoms with van der Waals surface area (Å²) in [7, 11) is -3.50. The molecule has 0 aromatic heterocycles. The van der Waals surface area contributed by atoms with Crippen LogP contribution in [0.2, 0.25) is 0 Å². The second-order valence-electron chi connectivity index (χ2n) is 5.67. The van der Waals surface area contributed by atoms with Crippen LogP contribution in [0.3, 0.4) is 0 Å². The number of sulfonamides is 1. The number of hydrogen-bond acceptors (Lipinski definition) is 5. The van der Waals surface area contributed by atoms with E-state index >= 15 is 0 Å². The highest BCUT2D eigenvalue weighted by molar-refractivity contribution is 7.89. The zero-order chi connectivity index (χ0) is 14.4. The number of hydrogen-bond donors (Lipinski definition) is 1. The molecule has 0 bridgehead atoms. The Morgan fingerprint density at radius 2 is 2.19 bits per heavy atom. The monoisotopic (exact) mass is 324 g/mol. The summed E-state index contributed by atoms with van der Waals surface area (Å²) in [5, 5.41) is 3.43. The molecule has 1 N–H and O–H groups in total. The molecule has 4 rings (SSSR count). The Morgan fingerprint density at radius 3 is 3.05 bits per heavy atom. The van der Waals surface area contributed by atoms with Gasteiger partial charge in [-0.15, -0.1) is 0 Å². The van der Waals surface area contributed by atoms with Crippen molar-refractivity contribution in [3.63, 3.8) is 0 Å². The van der Waals surface area contributed by atoms with Crippen LogP contribution in [0, 0.1) is 5.92 Å². The van der Waals surface area contributed by atoms with Gasteiger partial charge in [0.25, 0.3) is 0 Å². The van der Waals surface area contributed by atoms with Crippen molar-refractivity contribution in [3.8, 4) is 0 Å². The van der Waals surface area contributed by atoms with E-state index in [1.54, 1.807) is 22.5 Å². The summed E-state index contributed by atoms with van der Waals surface area (Å²) in [6.07, 6.45) is 2.23. The van der Waals surface area contributed by atoms with Gasteiger partial charge in [0.1, 0.15) is 16.3 Å². The van der Waals surface area contributed by atoms with Gasteiger partial charge in [0.2, 0.25) is 10.0 Å². The quantitative estimate of drug-likeness (QED) is 0.915. The summed E-state index contributed by atoms with van der Waals surface area (Å²) in [6.45, 7) is 2.15. The van der Waals surface area contributed by atoms with Crippen LogP contribution in [0.25, 0.3) is 0 Å². The van der Waals surface area contributed by atoms with E-state index in [0.29, 0.717) is 36.4 Å². The number of rotatable bonds is 2. The minimum Gasteiger partial charge on any atom is -0.312 e. The summed E-state index contributed by atoms with van der Waals surface area (Å²) in [5.41, 5.74) is 1.14. The van der Waals surface area contributed by atoms with Crippen molar-refractivity contribution < 1.29 is 8.42 Å². The highest BCUT2D eigenvalue weighted by Crippen LogP contribution is 2.40. The van der Waals surface area contributed by atoms with Crippen molar-refractivity contribution in [1.82, 2.24) is 9.62 Å². The van der Waals surface area contributed by atoms with E-state index in [1.807, 2.05) is 0 Å². The molecule has 3 aliphatic rings. The normalized spacial score (nSPS) is 28.2. The zero-order valence-electron chi connectivity index (χ0n) is 11.4. The second kappa shape index (κ2) is 4.98. The minimum atomic E-state index is -3.50.